The van der Waals surface area contributed by atoms with E-state index >= 15 is 0 Å². The molecule has 3 aromatic rings. The molecule has 1 aromatic carbocycles. The van der Waals surface area contributed by atoms with Crippen molar-refractivity contribution in [2.24, 2.45) is 0 Å². The van der Waals surface area contributed by atoms with Crippen molar-refractivity contribution in [2.75, 3.05) is 0 Å². The van der Waals surface area contributed by atoms with Crippen LogP contribution in [0.4, 0.5) is 0 Å². The number of rotatable bonds is 4. The quantitative estimate of drug-likeness (QED) is 0.700. The van der Waals surface area contributed by atoms with Gasteiger partial charge in [-0.15, -0.1) is 0 Å². The van der Waals surface area contributed by atoms with Crippen molar-refractivity contribution in [1.29, 1.82) is 0 Å². The second-order valence-electron chi connectivity index (χ2n) is 7.36. The molecule has 0 unspecified atom stereocenters. The van der Waals surface area contributed by atoms with Crippen LogP contribution in [-0.2, 0) is 30.6 Å². The molecule has 2 heterocycles. The molecule has 0 radical (unpaired) electrons. The summed E-state index contributed by atoms with van der Waals surface area (Å²) in [6, 6.07) is 4.14. The van der Waals surface area contributed by atoms with Gasteiger partial charge in [-0.3, -0.25) is 9.89 Å². The number of benzene rings is 1. The molecule has 1 aliphatic rings. The van der Waals surface area contributed by atoms with Crippen molar-refractivity contribution in [2.45, 2.75) is 58.9 Å². The Hall–Kier alpha value is -2.56. The van der Waals surface area contributed by atoms with Gasteiger partial charge in [0.15, 0.2) is 0 Å². The molecule has 2 aromatic heterocycles. The molecule has 5 nitrogen and oxygen atoms in total. The van der Waals surface area contributed by atoms with Crippen LogP contribution < -0.4 is 5.32 Å². The predicted octanol–water partition coefficient (Wildman–Crippen LogP) is 3.90. The van der Waals surface area contributed by atoms with E-state index in [0.717, 1.165) is 40.6 Å². The van der Waals surface area contributed by atoms with E-state index < -0.39 is 0 Å². The van der Waals surface area contributed by atoms with Gasteiger partial charge in [0, 0.05) is 16.6 Å². The van der Waals surface area contributed by atoms with E-state index in [2.05, 4.69) is 28.5 Å². The maximum atomic E-state index is 12.5. The number of aromatic amines is 1. The van der Waals surface area contributed by atoms with Crippen molar-refractivity contribution < 1.29 is 9.21 Å². The van der Waals surface area contributed by atoms with Crippen LogP contribution in [0.2, 0.25) is 0 Å². The molecule has 1 amide bonds. The third kappa shape index (κ3) is 3.26. The zero-order valence-corrected chi connectivity index (χ0v) is 15.4. The monoisotopic (exact) mass is 351 g/mol. The standard InChI is InChI=1S/C21H25N3O2/c1-13-8-14(2)21-15(12-26-19(21)9-13)10-20(25)22-11-18-16-6-4-3-5-7-17(16)23-24-18/h8-9,12H,3-7,10-11H2,1-2H3,(H,22,25)(H,23,24). The van der Waals surface area contributed by atoms with E-state index in [0.29, 0.717) is 13.0 Å². The summed E-state index contributed by atoms with van der Waals surface area (Å²) in [6.07, 6.45) is 7.83. The maximum absolute atomic E-state index is 12.5. The number of carbonyl (C=O) groups is 1. The Balaban J connectivity index is 1.45. The first-order valence-electron chi connectivity index (χ1n) is 9.41. The van der Waals surface area contributed by atoms with Gasteiger partial charge in [-0.05, 0) is 62.3 Å². The van der Waals surface area contributed by atoms with E-state index in [1.54, 1.807) is 6.26 Å². The van der Waals surface area contributed by atoms with Gasteiger partial charge >= 0.3 is 0 Å². The molecule has 0 fully saturated rings. The Bertz CT molecular complexity index is 952. The molecular weight excluding hydrogens is 326 g/mol. The molecule has 5 heteroatoms. The van der Waals surface area contributed by atoms with E-state index in [4.69, 9.17) is 4.42 Å². The summed E-state index contributed by atoms with van der Waals surface area (Å²) in [7, 11) is 0. The predicted molar refractivity (Wildman–Crippen MR) is 101 cm³/mol. The lowest BCUT2D eigenvalue weighted by atomic mass is 10.0. The molecule has 0 atom stereocenters. The second-order valence-corrected chi connectivity index (χ2v) is 7.36. The normalized spacial score (nSPS) is 14.2. The molecule has 26 heavy (non-hydrogen) atoms. The lowest BCUT2D eigenvalue weighted by Gasteiger charge is -2.06. The van der Waals surface area contributed by atoms with Crippen molar-refractivity contribution in [3.63, 3.8) is 0 Å². The number of amides is 1. The van der Waals surface area contributed by atoms with E-state index in [-0.39, 0.29) is 5.91 Å². The highest BCUT2D eigenvalue weighted by Crippen LogP contribution is 2.27. The van der Waals surface area contributed by atoms with E-state index in [1.807, 2.05) is 13.0 Å². The summed E-state index contributed by atoms with van der Waals surface area (Å²) in [5.41, 5.74) is 7.65. The number of aryl methyl sites for hydroxylation is 3. The smallest absolute Gasteiger partial charge is 0.224 e. The van der Waals surface area contributed by atoms with Gasteiger partial charge in [0.25, 0.3) is 0 Å². The molecule has 0 saturated carbocycles. The van der Waals surface area contributed by atoms with Gasteiger partial charge in [0.05, 0.1) is 24.9 Å². The van der Waals surface area contributed by atoms with E-state index in [9.17, 15) is 4.79 Å². The SMILES string of the molecule is Cc1cc(C)c2c(CC(=O)NCc3n[nH]c4c3CCCCC4)coc2c1. The lowest BCUT2D eigenvalue weighted by Crippen LogP contribution is -2.25. The number of nitrogens with one attached hydrogen (secondary N) is 2. The first-order valence-corrected chi connectivity index (χ1v) is 9.41. The third-order valence-electron chi connectivity index (χ3n) is 5.29. The Kier molecular flexibility index (Phi) is 4.53. The van der Waals surface area contributed by atoms with Crippen LogP contribution in [-0.4, -0.2) is 16.1 Å². The van der Waals surface area contributed by atoms with Crippen LogP contribution in [0.15, 0.2) is 22.8 Å². The number of fused-ring (bicyclic) bond motifs is 2. The summed E-state index contributed by atoms with van der Waals surface area (Å²) in [6.45, 7) is 4.60. The molecular formula is C21H25N3O2. The number of hydrogen-bond donors (Lipinski definition) is 2. The first-order chi connectivity index (χ1) is 12.6. The topological polar surface area (TPSA) is 70.9 Å². The highest BCUT2D eigenvalue weighted by Gasteiger charge is 2.17. The second kappa shape index (κ2) is 6.98. The number of hydrogen-bond acceptors (Lipinski definition) is 3. The summed E-state index contributed by atoms with van der Waals surface area (Å²) < 4.78 is 5.65. The van der Waals surface area contributed by atoms with Crippen LogP contribution in [0.5, 0.6) is 0 Å². The fourth-order valence-electron chi connectivity index (χ4n) is 4.05. The third-order valence-corrected chi connectivity index (χ3v) is 5.29. The lowest BCUT2D eigenvalue weighted by molar-refractivity contribution is -0.120. The summed E-state index contributed by atoms with van der Waals surface area (Å²) in [4.78, 5) is 12.5. The Morgan fingerprint density at radius 3 is 2.96 bits per heavy atom. The van der Waals surface area contributed by atoms with Gasteiger partial charge < -0.3 is 9.73 Å². The number of carbonyl (C=O) groups excluding carboxylic acids is 1. The van der Waals surface area contributed by atoms with Crippen LogP contribution >= 0.6 is 0 Å². The van der Waals surface area contributed by atoms with Gasteiger partial charge in [-0.2, -0.15) is 5.10 Å². The Morgan fingerprint density at radius 2 is 2.08 bits per heavy atom. The van der Waals surface area contributed by atoms with Crippen LogP contribution in [0.1, 0.15) is 52.9 Å². The molecule has 0 saturated heterocycles. The fourth-order valence-corrected chi connectivity index (χ4v) is 4.05. The zero-order valence-electron chi connectivity index (χ0n) is 15.4. The molecule has 0 bridgehead atoms. The average Bonchev–Trinajstić information content (AvgIpc) is 3.09. The van der Waals surface area contributed by atoms with Gasteiger partial charge in [0.2, 0.25) is 5.91 Å². The minimum absolute atomic E-state index is 0.00181. The van der Waals surface area contributed by atoms with Crippen LogP contribution in [0.25, 0.3) is 11.0 Å². The molecule has 0 spiro atoms. The van der Waals surface area contributed by atoms with Crippen molar-refractivity contribution >= 4 is 16.9 Å². The van der Waals surface area contributed by atoms with Gasteiger partial charge in [-0.25, -0.2) is 0 Å². The largest absolute Gasteiger partial charge is 0.464 e. The van der Waals surface area contributed by atoms with Crippen molar-refractivity contribution in [1.82, 2.24) is 15.5 Å². The molecule has 0 aliphatic heterocycles. The summed E-state index contributed by atoms with van der Waals surface area (Å²) >= 11 is 0. The number of furan rings is 1. The molecule has 1 aliphatic carbocycles. The maximum Gasteiger partial charge on any atom is 0.224 e. The molecule has 2 N–H and O–H groups in total. The van der Waals surface area contributed by atoms with Crippen molar-refractivity contribution in [3.05, 3.63) is 52.0 Å². The first kappa shape index (κ1) is 16.9. The van der Waals surface area contributed by atoms with Gasteiger partial charge in [-0.1, -0.05) is 12.5 Å². The Labute approximate surface area is 153 Å². The average molecular weight is 351 g/mol. The van der Waals surface area contributed by atoms with E-state index in [1.165, 1.54) is 36.1 Å². The van der Waals surface area contributed by atoms with Crippen molar-refractivity contribution in [3.8, 4) is 0 Å². The van der Waals surface area contributed by atoms with Crippen LogP contribution in [0.3, 0.4) is 0 Å². The summed E-state index contributed by atoms with van der Waals surface area (Å²) in [5.74, 6) is -0.00181. The summed E-state index contributed by atoms with van der Waals surface area (Å²) in [5, 5.41) is 11.7. The number of H-pyrrole nitrogens is 1. The minimum Gasteiger partial charge on any atom is -0.464 e. The number of aromatic nitrogens is 2. The molecule has 136 valence electrons. The highest BCUT2D eigenvalue weighted by molar-refractivity contribution is 5.90. The molecule has 4 rings (SSSR count). The van der Waals surface area contributed by atoms with Crippen LogP contribution in [0, 0.1) is 13.8 Å². The minimum atomic E-state index is -0.00181. The fraction of sp³-hybridized carbons (Fsp3) is 0.429. The highest BCUT2D eigenvalue weighted by atomic mass is 16.3. The van der Waals surface area contributed by atoms with Gasteiger partial charge in [0.1, 0.15) is 5.58 Å². The number of nitrogens with zero attached hydrogens (tertiary/aromatic N) is 1. The zero-order chi connectivity index (χ0) is 18.1. The Morgan fingerprint density at radius 1 is 1.23 bits per heavy atom.